The Bertz CT molecular complexity index is 1530. The number of amides is 1. The van der Waals surface area contributed by atoms with Gasteiger partial charge in [-0.25, -0.2) is 0 Å². The first-order valence-corrected chi connectivity index (χ1v) is 10.3. The Morgan fingerprint density at radius 2 is 1.79 bits per heavy atom. The second-order valence-corrected chi connectivity index (χ2v) is 7.52. The summed E-state index contributed by atoms with van der Waals surface area (Å²) >= 11 is 0. The average molecular weight is 451 g/mol. The maximum atomic E-state index is 12.6. The van der Waals surface area contributed by atoms with E-state index in [0.29, 0.717) is 39.7 Å². The van der Waals surface area contributed by atoms with E-state index >= 15 is 0 Å². The molecule has 5 aromatic rings. The van der Waals surface area contributed by atoms with Crippen molar-refractivity contribution >= 4 is 22.9 Å². The quantitative estimate of drug-likeness (QED) is 0.311. The van der Waals surface area contributed by atoms with E-state index in [4.69, 9.17) is 0 Å². The molecule has 0 spiro atoms. The summed E-state index contributed by atoms with van der Waals surface area (Å²) < 4.78 is 1.64. The second-order valence-electron chi connectivity index (χ2n) is 7.52. The number of hydrogen-bond acceptors (Lipinski definition) is 7. The van der Waals surface area contributed by atoms with Crippen LogP contribution in [-0.4, -0.2) is 35.6 Å². The third-order valence-corrected chi connectivity index (χ3v) is 5.25. The van der Waals surface area contributed by atoms with Gasteiger partial charge in [0.2, 0.25) is 5.82 Å². The fourth-order valence-electron chi connectivity index (χ4n) is 3.53. The van der Waals surface area contributed by atoms with Gasteiger partial charge in [0.25, 0.3) is 11.6 Å². The molecule has 0 fully saturated rings. The minimum Gasteiger partial charge on any atom is -0.322 e. The summed E-state index contributed by atoms with van der Waals surface area (Å²) in [6.07, 6.45) is 1.69. The molecule has 10 heteroatoms. The van der Waals surface area contributed by atoms with Crippen molar-refractivity contribution in [1.29, 1.82) is 0 Å². The first-order valence-electron chi connectivity index (χ1n) is 10.3. The predicted octanol–water partition coefficient (Wildman–Crippen LogP) is 4.32. The van der Waals surface area contributed by atoms with Crippen LogP contribution in [0, 0.1) is 17.0 Å². The van der Waals surface area contributed by atoms with Crippen molar-refractivity contribution < 1.29 is 9.72 Å². The van der Waals surface area contributed by atoms with Gasteiger partial charge >= 0.3 is 0 Å². The molecule has 10 nitrogen and oxygen atoms in total. The number of nitrogens with zero attached hydrogens (tertiary/aromatic N) is 6. The monoisotopic (exact) mass is 451 g/mol. The Morgan fingerprint density at radius 3 is 2.50 bits per heavy atom. The number of rotatable bonds is 5. The maximum Gasteiger partial charge on any atom is 0.272 e. The summed E-state index contributed by atoms with van der Waals surface area (Å²) in [6.45, 7) is 1.60. The van der Waals surface area contributed by atoms with E-state index in [-0.39, 0.29) is 11.6 Å². The van der Waals surface area contributed by atoms with Crippen LogP contribution in [0.15, 0.2) is 79.0 Å². The lowest BCUT2D eigenvalue weighted by Crippen LogP contribution is -2.12. The largest absolute Gasteiger partial charge is 0.322 e. The van der Waals surface area contributed by atoms with Crippen LogP contribution in [-0.2, 0) is 0 Å². The minimum atomic E-state index is -0.472. The molecule has 1 amide bonds. The van der Waals surface area contributed by atoms with E-state index in [1.165, 1.54) is 18.2 Å². The highest BCUT2D eigenvalue weighted by molar-refractivity contribution is 6.04. The highest BCUT2D eigenvalue weighted by atomic mass is 16.6. The SMILES string of the molecule is Cc1cc(C(=O)Nc2ccc(-c3ccc4nnc(-c5ccccn5)n4n3)cc2)ccc1[N+](=O)[O-]. The van der Waals surface area contributed by atoms with Crippen LogP contribution in [0.25, 0.3) is 28.4 Å². The molecule has 2 aromatic carbocycles. The molecule has 0 saturated heterocycles. The van der Waals surface area contributed by atoms with Gasteiger partial charge in [-0.2, -0.15) is 9.61 Å². The Labute approximate surface area is 193 Å². The average Bonchev–Trinajstić information content (AvgIpc) is 3.28. The second kappa shape index (κ2) is 8.51. The van der Waals surface area contributed by atoms with E-state index in [2.05, 4.69) is 25.6 Å². The summed E-state index contributed by atoms with van der Waals surface area (Å²) in [4.78, 5) is 27.4. The van der Waals surface area contributed by atoms with Crippen molar-refractivity contribution in [3.8, 4) is 22.8 Å². The molecule has 0 bridgehead atoms. The number of carbonyl (C=O) groups excluding carboxylic acids is 1. The molecule has 0 radical (unpaired) electrons. The molecule has 0 atom stereocenters. The fourth-order valence-corrected chi connectivity index (χ4v) is 3.53. The Hall–Kier alpha value is -4.99. The van der Waals surface area contributed by atoms with Crippen molar-refractivity contribution in [3.63, 3.8) is 0 Å². The molecule has 3 heterocycles. The lowest BCUT2D eigenvalue weighted by molar-refractivity contribution is -0.385. The zero-order valence-corrected chi connectivity index (χ0v) is 17.9. The molecule has 0 saturated carbocycles. The van der Waals surface area contributed by atoms with E-state index in [1.54, 1.807) is 29.8 Å². The molecular formula is C24H17N7O3. The van der Waals surface area contributed by atoms with E-state index in [0.717, 1.165) is 5.56 Å². The fraction of sp³-hybridized carbons (Fsp3) is 0.0417. The number of fused-ring (bicyclic) bond motifs is 1. The smallest absolute Gasteiger partial charge is 0.272 e. The van der Waals surface area contributed by atoms with Crippen LogP contribution in [0.4, 0.5) is 11.4 Å². The highest BCUT2D eigenvalue weighted by Crippen LogP contribution is 2.23. The van der Waals surface area contributed by atoms with Crippen molar-refractivity contribution in [3.05, 3.63) is 100 Å². The third kappa shape index (κ3) is 3.95. The van der Waals surface area contributed by atoms with Crippen molar-refractivity contribution in [2.75, 3.05) is 5.32 Å². The van der Waals surface area contributed by atoms with Gasteiger partial charge in [0, 0.05) is 34.6 Å². The number of hydrogen-bond donors (Lipinski definition) is 1. The lowest BCUT2D eigenvalue weighted by atomic mass is 10.1. The number of aryl methyl sites for hydroxylation is 1. The van der Waals surface area contributed by atoms with Crippen LogP contribution in [0.5, 0.6) is 0 Å². The van der Waals surface area contributed by atoms with E-state index in [9.17, 15) is 14.9 Å². The molecule has 34 heavy (non-hydrogen) atoms. The zero-order valence-electron chi connectivity index (χ0n) is 17.9. The molecule has 0 unspecified atom stereocenters. The van der Waals surface area contributed by atoms with Gasteiger partial charge in [-0.1, -0.05) is 18.2 Å². The Balaban J connectivity index is 1.37. The number of nitrogens with one attached hydrogen (secondary N) is 1. The van der Waals surface area contributed by atoms with Gasteiger partial charge in [0.1, 0.15) is 5.69 Å². The standard InChI is InChI=1S/C24H17N7O3/c1-15-14-17(7-11-21(15)31(33)34)24(32)26-18-8-5-16(6-9-18)19-10-12-22-27-28-23(30(22)29-19)20-4-2-3-13-25-20/h2-14H,1H3,(H,26,32). The number of anilines is 1. The van der Waals surface area contributed by atoms with Crippen LogP contribution in [0.2, 0.25) is 0 Å². The van der Waals surface area contributed by atoms with Crippen molar-refractivity contribution in [1.82, 2.24) is 24.8 Å². The van der Waals surface area contributed by atoms with E-state index < -0.39 is 4.92 Å². The van der Waals surface area contributed by atoms with Crippen LogP contribution in [0.3, 0.4) is 0 Å². The number of nitro groups is 1. The molecular weight excluding hydrogens is 434 g/mol. The summed E-state index contributed by atoms with van der Waals surface area (Å²) in [5, 5.41) is 26.8. The molecule has 1 N–H and O–H groups in total. The summed E-state index contributed by atoms with van der Waals surface area (Å²) in [5.74, 6) is 0.189. The predicted molar refractivity (Wildman–Crippen MR) is 125 cm³/mol. The third-order valence-electron chi connectivity index (χ3n) is 5.25. The van der Waals surface area contributed by atoms with Crippen LogP contribution in [0.1, 0.15) is 15.9 Å². The topological polar surface area (TPSA) is 128 Å². The summed E-state index contributed by atoms with van der Waals surface area (Å²) in [7, 11) is 0. The number of carbonyl (C=O) groups is 1. The van der Waals surface area contributed by atoms with Crippen molar-refractivity contribution in [2.24, 2.45) is 0 Å². The lowest BCUT2D eigenvalue weighted by Gasteiger charge is -2.08. The van der Waals surface area contributed by atoms with Gasteiger partial charge < -0.3 is 5.32 Å². The molecule has 0 aliphatic rings. The maximum absolute atomic E-state index is 12.6. The Kier molecular flexibility index (Phi) is 5.23. The normalized spacial score (nSPS) is 10.9. The van der Waals surface area contributed by atoms with Gasteiger partial charge in [0.05, 0.1) is 10.6 Å². The summed E-state index contributed by atoms with van der Waals surface area (Å²) in [5.41, 5.74) is 4.14. The Morgan fingerprint density at radius 1 is 0.971 bits per heavy atom. The molecule has 5 rings (SSSR count). The molecule has 0 aliphatic heterocycles. The van der Waals surface area contributed by atoms with E-state index in [1.807, 2.05) is 42.5 Å². The van der Waals surface area contributed by atoms with Gasteiger partial charge in [0.15, 0.2) is 5.65 Å². The first kappa shape index (κ1) is 20.9. The first-order chi connectivity index (χ1) is 16.5. The summed E-state index contributed by atoms with van der Waals surface area (Å²) in [6, 6.07) is 20.7. The molecule has 3 aromatic heterocycles. The highest BCUT2D eigenvalue weighted by Gasteiger charge is 2.15. The molecule has 0 aliphatic carbocycles. The number of pyridine rings is 1. The van der Waals surface area contributed by atoms with Crippen LogP contribution >= 0.6 is 0 Å². The number of aromatic nitrogens is 5. The van der Waals surface area contributed by atoms with Crippen molar-refractivity contribution in [2.45, 2.75) is 6.92 Å². The molecule has 166 valence electrons. The van der Waals surface area contributed by atoms with Crippen LogP contribution < -0.4 is 5.32 Å². The minimum absolute atomic E-state index is 0.0235. The number of benzene rings is 2. The van der Waals surface area contributed by atoms with Gasteiger partial charge in [-0.05, 0) is 55.5 Å². The van der Waals surface area contributed by atoms with Gasteiger partial charge in [-0.15, -0.1) is 10.2 Å². The van der Waals surface area contributed by atoms with Gasteiger partial charge in [-0.3, -0.25) is 19.9 Å². The number of nitro benzene ring substituents is 1. The zero-order chi connectivity index (χ0) is 23.7.